The van der Waals surface area contributed by atoms with Crippen LogP contribution in [0.4, 0.5) is 0 Å². The van der Waals surface area contributed by atoms with E-state index in [0.717, 1.165) is 45.8 Å². The van der Waals surface area contributed by atoms with Crippen LogP contribution in [0.1, 0.15) is 57.1 Å². The zero-order valence-corrected chi connectivity index (χ0v) is 20.8. The van der Waals surface area contributed by atoms with Gasteiger partial charge in [-0.2, -0.15) is 0 Å². The lowest BCUT2D eigenvalue weighted by Gasteiger charge is -2.38. The highest BCUT2D eigenvalue weighted by Gasteiger charge is 2.63. The number of nitrogens with zero attached hydrogens (tertiary/aromatic N) is 2. The molecule has 34 heavy (non-hydrogen) atoms. The van der Waals surface area contributed by atoms with Crippen molar-refractivity contribution >= 4 is 27.8 Å². The largest absolute Gasteiger partial charge is 0.461 e. The SMILES string of the molecule is Cn1cc(C(C(=O)O[C@@H]2C[C@@H]3CC[C@@]2(C)C3(C)C)c2cn(C)c3ccccc23)c2ccccc21. The van der Waals surface area contributed by atoms with Crippen molar-refractivity contribution in [2.24, 2.45) is 30.8 Å². The van der Waals surface area contributed by atoms with Crippen LogP contribution in [-0.4, -0.2) is 21.2 Å². The number of carbonyl (C=O) groups excluding carboxylic acids is 1. The van der Waals surface area contributed by atoms with E-state index in [1.54, 1.807) is 0 Å². The van der Waals surface area contributed by atoms with E-state index in [-0.39, 0.29) is 22.9 Å². The van der Waals surface area contributed by atoms with Gasteiger partial charge in [-0.1, -0.05) is 57.2 Å². The molecular formula is C30H34N2O2. The van der Waals surface area contributed by atoms with Crippen LogP contribution in [0.5, 0.6) is 0 Å². The molecule has 2 aromatic carbocycles. The average Bonchev–Trinajstić information content (AvgIpc) is 3.45. The second-order valence-electron chi connectivity index (χ2n) is 11.4. The zero-order valence-electron chi connectivity index (χ0n) is 20.8. The van der Waals surface area contributed by atoms with Crippen molar-refractivity contribution in [3.05, 3.63) is 72.1 Å². The molecule has 0 saturated heterocycles. The Morgan fingerprint density at radius 2 is 1.44 bits per heavy atom. The molecule has 2 bridgehead atoms. The number of ether oxygens (including phenoxy) is 1. The van der Waals surface area contributed by atoms with E-state index in [2.05, 4.69) is 105 Å². The van der Waals surface area contributed by atoms with Crippen molar-refractivity contribution in [3.8, 4) is 0 Å². The third kappa shape index (κ3) is 2.80. The summed E-state index contributed by atoms with van der Waals surface area (Å²) in [7, 11) is 4.10. The molecule has 2 aliphatic carbocycles. The molecule has 176 valence electrons. The zero-order chi connectivity index (χ0) is 23.8. The van der Waals surface area contributed by atoms with Gasteiger partial charge in [-0.05, 0) is 53.9 Å². The van der Waals surface area contributed by atoms with Gasteiger partial charge >= 0.3 is 5.97 Å². The molecule has 0 N–H and O–H groups in total. The first-order valence-electron chi connectivity index (χ1n) is 12.5. The van der Waals surface area contributed by atoms with Crippen molar-refractivity contribution < 1.29 is 9.53 Å². The standard InChI is InChI=1S/C30H34N2O2/c1-29(2)19-14-15-30(29,3)26(16-19)34-28(33)27(22-17-31(4)24-12-8-6-10-20(22)24)23-18-32(5)25-13-9-7-11-21(23)25/h6-13,17-19,26-27H,14-16H2,1-5H3/t19-,26+,30+/m0/s1. The van der Waals surface area contributed by atoms with E-state index in [0.29, 0.717) is 5.92 Å². The number of fused-ring (bicyclic) bond motifs is 4. The average molecular weight is 455 g/mol. The maximum Gasteiger partial charge on any atom is 0.318 e. The van der Waals surface area contributed by atoms with Gasteiger partial charge in [0.15, 0.2) is 0 Å². The summed E-state index contributed by atoms with van der Waals surface area (Å²) in [6.07, 6.45) is 7.56. The van der Waals surface area contributed by atoms with E-state index >= 15 is 0 Å². The van der Waals surface area contributed by atoms with Crippen molar-refractivity contribution in [3.63, 3.8) is 0 Å². The summed E-state index contributed by atoms with van der Waals surface area (Å²) in [5.41, 5.74) is 4.54. The summed E-state index contributed by atoms with van der Waals surface area (Å²) in [6.45, 7) is 7.07. The molecule has 4 nitrogen and oxygen atoms in total. The van der Waals surface area contributed by atoms with Gasteiger partial charge < -0.3 is 13.9 Å². The molecule has 2 heterocycles. The molecule has 2 fully saturated rings. The Bertz CT molecular complexity index is 1340. The second-order valence-corrected chi connectivity index (χ2v) is 11.4. The number of benzene rings is 2. The number of para-hydroxylation sites is 2. The van der Waals surface area contributed by atoms with Gasteiger partial charge in [0, 0.05) is 53.7 Å². The summed E-state index contributed by atoms with van der Waals surface area (Å²) in [5, 5.41) is 2.22. The number of hydrogen-bond donors (Lipinski definition) is 0. The van der Waals surface area contributed by atoms with E-state index in [1.165, 1.54) is 6.42 Å². The predicted octanol–water partition coefficient (Wildman–Crippen LogP) is 6.56. The van der Waals surface area contributed by atoms with Crippen LogP contribution in [0.25, 0.3) is 21.8 Å². The minimum Gasteiger partial charge on any atom is -0.461 e. The lowest BCUT2D eigenvalue weighted by atomic mass is 9.70. The van der Waals surface area contributed by atoms with Crippen molar-refractivity contribution in [2.75, 3.05) is 0 Å². The van der Waals surface area contributed by atoms with Crippen molar-refractivity contribution in [1.82, 2.24) is 9.13 Å². The van der Waals surface area contributed by atoms with Gasteiger partial charge in [0.05, 0.1) is 0 Å². The molecule has 3 atom stereocenters. The molecule has 4 heteroatoms. The molecule has 0 radical (unpaired) electrons. The van der Waals surface area contributed by atoms with Crippen LogP contribution >= 0.6 is 0 Å². The number of rotatable bonds is 4. The predicted molar refractivity (Wildman–Crippen MR) is 137 cm³/mol. The van der Waals surface area contributed by atoms with Crippen LogP contribution < -0.4 is 0 Å². The smallest absolute Gasteiger partial charge is 0.318 e. The Morgan fingerprint density at radius 3 is 1.91 bits per heavy atom. The Hall–Kier alpha value is -3.01. The summed E-state index contributed by atoms with van der Waals surface area (Å²) in [6, 6.07) is 16.7. The number of carbonyl (C=O) groups is 1. The lowest BCUT2D eigenvalue weighted by molar-refractivity contribution is -0.157. The van der Waals surface area contributed by atoms with Gasteiger partial charge in [-0.3, -0.25) is 4.79 Å². The summed E-state index contributed by atoms with van der Waals surface area (Å²) < 4.78 is 10.8. The first-order valence-corrected chi connectivity index (χ1v) is 12.5. The Labute approximate surface area is 201 Å². The molecule has 6 rings (SSSR count). The number of aryl methyl sites for hydroxylation is 2. The molecule has 0 aliphatic heterocycles. The van der Waals surface area contributed by atoms with Crippen LogP contribution in [-0.2, 0) is 23.6 Å². The van der Waals surface area contributed by atoms with Crippen molar-refractivity contribution in [1.29, 1.82) is 0 Å². The third-order valence-corrected chi connectivity index (χ3v) is 9.69. The van der Waals surface area contributed by atoms with Crippen LogP contribution in [0.2, 0.25) is 0 Å². The number of aromatic nitrogens is 2. The summed E-state index contributed by atoms with van der Waals surface area (Å²) in [5.74, 6) is 0.0363. The van der Waals surface area contributed by atoms with Gasteiger partial charge in [-0.15, -0.1) is 0 Å². The van der Waals surface area contributed by atoms with Gasteiger partial charge in [0.25, 0.3) is 0 Å². The van der Waals surface area contributed by atoms with Crippen LogP contribution in [0.15, 0.2) is 60.9 Å². The molecule has 0 unspecified atom stereocenters. The van der Waals surface area contributed by atoms with E-state index in [9.17, 15) is 4.79 Å². The van der Waals surface area contributed by atoms with Crippen molar-refractivity contribution in [2.45, 2.75) is 52.1 Å². The Kier molecular flexibility index (Phi) is 4.58. The fourth-order valence-electron chi connectivity index (χ4n) is 7.14. The highest BCUT2D eigenvalue weighted by molar-refractivity contribution is 5.97. The summed E-state index contributed by atoms with van der Waals surface area (Å²) in [4.78, 5) is 14.2. The van der Waals surface area contributed by atoms with Crippen LogP contribution in [0.3, 0.4) is 0 Å². The van der Waals surface area contributed by atoms with E-state index < -0.39 is 5.92 Å². The topological polar surface area (TPSA) is 36.2 Å². The molecule has 0 spiro atoms. The first-order chi connectivity index (χ1) is 16.2. The second kappa shape index (κ2) is 7.24. The lowest BCUT2D eigenvalue weighted by Crippen LogP contribution is -2.39. The molecule has 0 amide bonds. The molecule has 4 aromatic rings. The fourth-order valence-corrected chi connectivity index (χ4v) is 7.14. The minimum absolute atomic E-state index is 0.0267. The first kappa shape index (κ1) is 21.5. The Morgan fingerprint density at radius 1 is 0.912 bits per heavy atom. The molecule has 2 aliphatic rings. The monoisotopic (exact) mass is 454 g/mol. The number of esters is 1. The minimum atomic E-state index is -0.469. The third-order valence-electron chi connectivity index (χ3n) is 9.69. The van der Waals surface area contributed by atoms with Gasteiger partial charge in [-0.25, -0.2) is 0 Å². The van der Waals surface area contributed by atoms with Gasteiger partial charge in [0.2, 0.25) is 0 Å². The molecule has 2 saturated carbocycles. The molecule has 2 aromatic heterocycles. The summed E-state index contributed by atoms with van der Waals surface area (Å²) >= 11 is 0. The highest BCUT2D eigenvalue weighted by Crippen LogP contribution is 2.66. The van der Waals surface area contributed by atoms with Crippen LogP contribution in [0, 0.1) is 16.7 Å². The quantitative estimate of drug-likeness (QED) is 0.327. The van der Waals surface area contributed by atoms with E-state index in [4.69, 9.17) is 4.74 Å². The fraction of sp³-hybridized carbons (Fsp3) is 0.433. The Balaban J connectivity index is 1.49. The normalized spacial score (nSPS) is 25.6. The number of hydrogen-bond acceptors (Lipinski definition) is 2. The van der Waals surface area contributed by atoms with E-state index in [1.807, 2.05) is 0 Å². The maximum atomic E-state index is 14.2. The van der Waals surface area contributed by atoms with Gasteiger partial charge in [0.1, 0.15) is 12.0 Å². The highest BCUT2D eigenvalue weighted by atomic mass is 16.5. The molecular weight excluding hydrogens is 420 g/mol. The maximum absolute atomic E-state index is 14.2.